The summed E-state index contributed by atoms with van der Waals surface area (Å²) in [6, 6.07) is 7.25. The number of carboxylic acid groups (broad SMARTS) is 1. The third kappa shape index (κ3) is 2.11. The van der Waals surface area contributed by atoms with Crippen molar-refractivity contribution in [2.75, 3.05) is 4.90 Å². The molecule has 0 spiro atoms. The van der Waals surface area contributed by atoms with Crippen molar-refractivity contribution >= 4 is 39.4 Å². The van der Waals surface area contributed by atoms with Gasteiger partial charge in [0.25, 0.3) is 11.8 Å². The van der Waals surface area contributed by atoms with Crippen molar-refractivity contribution in [3.8, 4) is 0 Å². The van der Waals surface area contributed by atoms with Gasteiger partial charge in [0.05, 0.1) is 16.8 Å². The topological polar surface area (TPSA) is 87.6 Å². The molecule has 7 heteroatoms. The number of hydrogen-bond donors (Lipinski definition) is 1. The second kappa shape index (κ2) is 4.78. The first kappa shape index (κ1) is 13.4. The van der Waals surface area contributed by atoms with Gasteiger partial charge in [0.1, 0.15) is 5.69 Å². The summed E-state index contributed by atoms with van der Waals surface area (Å²) in [4.78, 5) is 40.5. The lowest BCUT2D eigenvalue weighted by molar-refractivity contribution is 0.0695. The fourth-order valence-corrected chi connectivity index (χ4v) is 2.61. The summed E-state index contributed by atoms with van der Waals surface area (Å²) in [7, 11) is 0. The fraction of sp³-hybridized carbons (Fsp3) is 0. The van der Waals surface area contributed by atoms with Crippen molar-refractivity contribution in [1.82, 2.24) is 4.98 Å². The summed E-state index contributed by atoms with van der Waals surface area (Å²) >= 11 is 3.18. The quantitative estimate of drug-likeness (QED) is 0.843. The molecule has 0 bridgehead atoms. The number of rotatable bonds is 2. The average molecular weight is 347 g/mol. The molecule has 0 aliphatic carbocycles. The molecule has 0 saturated carbocycles. The molecule has 0 saturated heterocycles. The van der Waals surface area contributed by atoms with E-state index in [2.05, 4.69) is 20.9 Å². The maximum atomic E-state index is 12.3. The minimum Gasteiger partial charge on any atom is -0.478 e. The summed E-state index contributed by atoms with van der Waals surface area (Å²) in [5.41, 5.74) is 0.442. The Hall–Kier alpha value is -2.54. The number of aromatic carboxylic acids is 1. The van der Waals surface area contributed by atoms with Gasteiger partial charge in [-0.15, -0.1) is 0 Å². The maximum Gasteiger partial charge on any atom is 0.335 e. The van der Waals surface area contributed by atoms with Gasteiger partial charge < -0.3 is 5.11 Å². The van der Waals surface area contributed by atoms with Crippen LogP contribution >= 0.6 is 15.9 Å². The first-order valence-corrected chi connectivity index (χ1v) is 6.66. The molecule has 1 aliphatic heterocycles. The minimum absolute atomic E-state index is 0.0242. The minimum atomic E-state index is -1.15. The van der Waals surface area contributed by atoms with E-state index in [9.17, 15) is 14.4 Å². The zero-order chi connectivity index (χ0) is 15.1. The van der Waals surface area contributed by atoms with Gasteiger partial charge in [0, 0.05) is 10.7 Å². The van der Waals surface area contributed by atoms with Crippen molar-refractivity contribution in [1.29, 1.82) is 0 Å². The first-order chi connectivity index (χ1) is 9.99. The number of fused-ring (bicyclic) bond motifs is 1. The Bertz CT molecular complexity index is 768. The van der Waals surface area contributed by atoms with E-state index < -0.39 is 17.8 Å². The molecule has 1 aromatic heterocycles. The number of carbonyl (C=O) groups is 3. The van der Waals surface area contributed by atoms with Crippen molar-refractivity contribution in [3.05, 3.63) is 57.8 Å². The van der Waals surface area contributed by atoms with E-state index in [4.69, 9.17) is 5.11 Å². The van der Waals surface area contributed by atoms with Crippen LogP contribution in [0.15, 0.2) is 41.0 Å². The van der Waals surface area contributed by atoms with Crippen LogP contribution in [0.5, 0.6) is 0 Å². The van der Waals surface area contributed by atoms with Crippen LogP contribution in [0, 0.1) is 0 Å². The average Bonchev–Trinajstić information content (AvgIpc) is 2.71. The van der Waals surface area contributed by atoms with Gasteiger partial charge in [0.2, 0.25) is 0 Å². The third-order valence-electron chi connectivity index (χ3n) is 3.03. The molecular formula is C14H7BrN2O4. The molecule has 2 amide bonds. The lowest BCUT2D eigenvalue weighted by Crippen LogP contribution is -2.29. The number of imide groups is 1. The largest absolute Gasteiger partial charge is 0.478 e. The van der Waals surface area contributed by atoms with Crippen LogP contribution in [0.3, 0.4) is 0 Å². The van der Waals surface area contributed by atoms with Crippen LogP contribution in [-0.4, -0.2) is 27.9 Å². The molecule has 104 valence electrons. The molecular weight excluding hydrogens is 340 g/mol. The van der Waals surface area contributed by atoms with Crippen LogP contribution < -0.4 is 4.90 Å². The van der Waals surface area contributed by atoms with E-state index >= 15 is 0 Å². The number of nitrogens with zero attached hydrogens (tertiary/aromatic N) is 2. The molecule has 21 heavy (non-hydrogen) atoms. The van der Waals surface area contributed by atoms with Gasteiger partial charge in [-0.1, -0.05) is 15.9 Å². The Labute approximate surface area is 127 Å². The fourth-order valence-electron chi connectivity index (χ4n) is 2.13. The van der Waals surface area contributed by atoms with Crippen molar-refractivity contribution < 1.29 is 19.5 Å². The van der Waals surface area contributed by atoms with Crippen LogP contribution in [-0.2, 0) is 0 Å². The maximum absolute atomic E-state index is 12.3. The van der Waals surface area contributed by atoms with Crippen LogP contribution in [0.2, 0.25) is 0 Å². The molecule has 1 N–H and O–H groups in total. The van der Waals surface area contributed by atoms with Gasteiger partial charge in [-0.2, -0.15) is 0 Å². The van der Waals surface area contributed by atoms with Crippen LogP contribution in [0.1, 0.15) is 31.2 Å². The second-order valence-electron chi connectivity index (χ2n) is 4.35. The smallest absolute Gasteiger partial charge is 0.335 e. The molecule has 1 aliphatic rings. The zero-order valence-electron chi connectivity index (χ0n) is 10.4. The SMILES string of the molecule is O=C(O)c1cc(Br)cc(N2C(=O)c3cccnc3C2=O)c1. The Morgan fingerprint density at radius 1 is 1.19 bits per heavy atom. The lowest BCUT2D eigenvalue weighted by Gasteiger charge is -2.14. The molecule has 0 unspecified atom stereocenters. The highest BCUT2D eigenvalue weighted by atomic mass is 79.9. The Morgan fingerprint density at radius 3 is 2.62 bits per heavy atom. The Kier molecular flexibility index (Phi) is 3.06. The summed E-state index contributed by atoms with van der Waals surface area (Å²) in [6.07, 6.45) is 1.43. The highest BCUT2D eigenvalue weighted by molar-refractivity contribution is 9.10. The Morgan fingerprint density at radius 2 is 1.95 bits per heavy atom. The number of carboxylic acids is 1. The van der Waals surface area contributed by atoms with Crippen molar-refractivity contribution in [2.45, 2.75) is 0 Å². The number of amides is 2. The van der Waals surface area contributed by atoms with E-state index in [-0.39, 0.29) is 22.5 Å². The summed E-state index contributed by atoms with van der Waals surface area (Å²) in [5.74, 6) is -2.23. The van der Waals surface area contributed by atoms with Gasteiger partial charge in [0.15, 0.2) is 0 Å². The Balaban J connectivity index is 2.13. The number of hydrogen-bond acceptors (Lipinski definition) is 4. The second-order valence-corrected chi connectivity index (χ2v) is 5.26. The van der Waals surface area contributed by atoms with Gasteiger partial charge in [-0.05, 0) is 30.3 Å². The predicted molar refractivity (Wildman–Crippen MR) is 76.5 cm³/mol. The lowest BCUT2D eigenvalue weighted by atomic mass is 10.2. The molecule has 0 atom stereocenters. The van der Waals surface area contributed by atoms with Crippen LogP contribution in [0.25, 0.3) is 0 Å². The van der Waals surface area contributed by atoms with Gasteiger partial charge in [-0.25, -0.2) is 9.69 Å². The monoisotopic (exact) mass is 346 g/mol. The molecule has 6 nitrogen and oxygen atoms in total. The zero-order valence-corrected chi connectivity index (χ0v) is 12.0. The van der Waals surface area contributed by atoms with E-state index in [1.807, 2.05) is 0 Å². The van der Waals surface area contributed by atoms with Crippen LogP contribution in [0.4, 0.5) is 5.69 Å². The molecule has 0 radical (unpaired) electrons. The number of aromatic nitrogens is 1. The van der Waals surface area contributed by atoms with E-state index in [0.29, 0.717) is 4.47 Å². The number of anilines is 1. The highest BCUT2D eigenvalue weighted by Crippen LogP contribution is 2.30. The first-order valence-electron chi connectivity index (χ1n) is 5.86. The summed E-state index contributed by atoms with van der Waals surface area (Å²) in [5, 5.41) is 9.06. The predicted octanol–water partition coefficient (Wildman–Crippen LogP) is 2.34. The molecule has 1 aromatic carbocycles. The number of pyridine rings is 1. The number of carbonyl (C=O) groups excluding carboxylic acids is 2. The van der Waals surface area contributed by atoms with E-state index in [0.717, 1.165) is 4.90 Å². The highest BCUT2D eigenvalue weighted by Gasteiger charge is 2.38. The van der Waals surface area contributed by atoms with Gasteiger partial charge in [-0.3, -0.25) is 14.6 Å². The molecule has 0 fully saturated rings. The standard InChI is InChI=1S/C14H7BrN2O4/c15-8-4-7(14(20)21)5-9(6-8)17-12(18)10-2-1-3-16-11(10)13(17)19/h1-6H,(H,20,21). The molecule has 2 heterocycles. The number of halogens is 1. The third-order valence-corrected chi connectivity index (χ3v) is 3.49. The normalized spacial score (nSPS) is 13.5. The van der Waals surface area contributed by atoms with E-state index in [1.54, 1.807) is 6.07 Å². The number of benzene rings is 1. The van der Waals surface area contributed by atoms with Gasteiger partial charge >= 0.3 is 5.97 Å². The van der Waals surface area contributed by atoms with Crippen molar-refractivity contribution in [3.63, 3.8) is 0 Å². The van der Waals surface area contributed by atoms with Crippen molar-refractivity contribution in [2.24, 2.45) is 0 Å². The molecule has 2 aromatic rings. The summed E-state index contributed by atoms with van der Waals surface area (Å²) in [6.45, 7) is 0. The molecule has 3 rings (SSSR count). The van der Waals surface area contributed by atoms with E-state index in [1.165, 1.54) is 30.5 Å². The summed E-state index contributed by atoms with van der Waals surface area (Å²) < 4.78 is 0.460.